The van der Waals surface area contributed by atoms with Gasteiger partial charge in [0.2, 0.25) is 0 Å². The second kappa shape index (κ2) is 14.5. The van der Waals surface area contributed by atoms with Crippen molar-refractivity contribution in [1.29, 1.82) is 5.26 Å². The van der Waals surface area contributed by atoms with Crippen LogP contribution in [0.1, 0.15) is 56.4 Å². The van der Waals surface area contributed by atoms with Gasteiger partial charge in [0.25, 0.3) is 0 Å². The Labute approximate surface area is 280 Å². The highest BCUT2D eigenvalue weighted by atomic mass is 32.1. The van der Waals surface area contributed by atoms with E-state index in [2.05, 4.69) is 29.6 Å². The van der Waals surface area contributed by atoms with Crippen molar-refractivity contribution in [3.8, 4) is 6.07 Å². The highest BCUT2D eigenvalue weighted by Crippen LogP contribution is 2.48. The Morgan fingerprint density at radius 1 is 0.830 bits per heavy atom. The fourth-order valence-corrected chi connectivity index (χ4v) is 12.6. The summed E-state index contributed by atoms with van der Waals surface area (Å²) < 4.78 is 1.20. The first-order valence-corrected chi connectivity index (χ1v) is 18.8. The van der Waals surface area contributed by atoms with Crippen LogP contribution in [0.25, 0.3) is 10.2 Å². The van der Waals surface area contributed by atoms with Crippen LogP contribution in [0.15, 0.2) is 115 Å². The van der Waals surface area contributed by atoms with Crippen LogP contribution >= 0.6 is 18.2 Å². The molecule has 0 saturated heterocycles. The van der Waals surface area contributed by atoms with Crippen LogP contribution in [0.4, 0.5) is 4.79 Å². The van der Waals surface area contributed by atoms with Gasteiger partial charge in [-0.05, 0) is 60.6 Å². The lowest BCUT2D eigenvalue weighted by Crippen LogP contribution is -2.45. The lowest BCUT2D eigenvalue weighted by molar-refractivity contribution is -0.114. The van der Waals surface area contributed by atoms with E-state index in [0.29, 0.717) is 12.8 Å². The van der Waals surface area contributed by atoms with E-state index in [4.69, 9.17) is 4.98 Å². The number of benzene rings is 4. The summed E-state index contributed by atoms with van der Waals surface area (Å²) >= 11 is 1.78. The van der Waals surface area contributed by atoms with E-state index in [9.17, 15) is 20.0 Å². The molecular weight excluding hydrogens is 621 g/mol. The quantitative estimate of drug-likeness (QED) is 0.106. The third-order valence-corrected chi connectivity index (χ3v) is 14.9. The summed E-state index contributed by atoms with van der Waals surface area (Å²) in [4.78, 5) is 31.8. The van der Waals surface area contributed by atoms with Gasteiger partial charge in [0.1, 0.15) is 11.4 Å². The Morgan fingerprint density at radius 2 is 1.36 bits per heavy atom. The number of thiazole rings is 1. The van der Waals surface area contributed by atoms with E-state index in [-0.39, 0.29) is 10.7 Å². The van der Waals surface area contributed by atoms with Gasteiger partial charge in [0.05, 0.1) is 21.3 Å². The Balaban J connectivity index is 1.35. The number of aromatic nitrogens is 1. The smallest absolute Gasteiger partial charge is 0.405 e. The molecule has 0 bridgehead atoms. The lowest BCUT2D eigenvalue weighted by atomic mass is 9.81. The third kappa shape index (κ3) is 6.54. The molecule has 1 aromatic heterocycles. The molecule has 1 amide bonds. The molecule has 6 nitrogen and oxygen atoms in total. The number of carboxylic acid groups (broad SMARTS) is 1. The van der Waals surface area contributed by atoms with Crippen molar-refractivity contribution >= 4 is 61.5 Å². The van der Waals surface area contributed by atoms with E-state index >= 15 is 0 Å². The van der Waals surface area contributed by atoms with E-state index in [0.717, 1.165) is 47.1 Å². The number of nitrogens with zero attached hydrogens (tertiary/aromatic N) is 2. The maximum Gasteiger partial charge on any atom is 0.405 e. The Morgan fingerprint density at radius 3 is 1.87 bits per heavy atom. The number of para-hydroxylation sites is 1. The summed E-state index contributed by atoms with van der Waals surface area (Å²) in [6.07, 6.45) is 5.97. The molecule has 47 heavy (non-hydrogen) atoms. The van der Waals surface area contributed by atoms with Crippen LogP contribution in [0.2, 0.25) is 0 Å². The fraction of sp³-hybridized carbons (Fsp3) is 0.256. The first kappa shape index (κ1) is 32.4. The third-order valence-electron chi connectivity index (χ3n) is 9.43. The van der Waals surface area contributed by atoms with Crippen molar-refractivity contribution in [3.63, 3.8) is 0 Å². The number of unbranched alkanes of at least 4 members (excludes halogenated alkanes) is 1. The van der Waals surface area contributed by atoms with Crippen LogP contribution in [-0.2, 0) is 10.2 Å². The molecule has 1 heterocycles. The number of nitrogens with one attached hydrogen (secondary N) is 1. The van der Waals surface area contributed by atoms with Gasteiger partial charge in [-0.25, -0.2) is 9.78 Å². The van der Waals surface area contributed by atoms with E-state index in [1.54, 1.807) is 11.3 Å². The number of nitriles is 1. The number of carbonyl (C=O) groups is 2. The van der Waals surface area contributed by atoms with Gasteiger partial charge in [-0.3, -0.25) is 4.79 Å². The Hall–Kier alpha value is -4.50. The minimum absolute atomic E-state index is 0.0158. The van der Waals surface area contributed by atoms with Crippen LogP contribution < -0.4 is 21.2 Å². The van der Waals surface area contributed by atoms with Crippen LogP contribution in [0.5, 0.6) is 0 Å². The number of hydrogen-bond donors (Lipinski definition) is 2. The summed E-state index contributed by atoms with van der Waals surface area (Å²) in [6.45, 7) is -2.97. The van der Waals surface area contributed by atoms with Gasteiger partial charge in [0, 0.05) is 5.41 Å². The van der Waals surface area contributed by atoms with E-state index < -0.39 is 24.8 Å². The molecule has 1 aliphatic carbocycles. The van der Waals surface area contributed by atoms with Crippen LogP contribution in [0.3, 0.4) is 0 Å². The van der Waals surface area contributed by atoms with Crippen molar-refractivity contribution in [2.75, 3.05) is 0 Å². The predicted molar refractivity (Wildman–Crippen MR) is 194 cm³/mol. The molecule has 0 unspecified atom stereocenters. The molecule has 0 radical (unpaired) electrons. The van der Waals surface area contributed by atoms with Gasteiger partial charge in [-0.15, -0.1) is 11.3 Å². The normalized spacial score (nSPS) is 14.7. The minimum Gasteiger partial charge on any atom is -0.465 e. The van der Waals surface area contributed by atoms with Gasteiger partial charge in [0.15, 0.2) is 5.78 Å². The van der Waals surface area contributed by atoms with Crippen molar-refractivity contribution in [2.24, 2.45) is 0 Å². The van der Waals surface area contributed by atoms with Gasteiger partial charge in [-0.1, -0.05) is 129 Å². The number of amides is 1. The summed E-state index contributed by atoms with van der Waals surface area (Å²) in [5.41, 5.74) is 1.05. The van der Waals surface area contributed by atoms with E-state index in [1.807, 2.05) is 97.1 Å². The maximum absolute atomic E-state index is 14.6. The molecule has 1 atom stereocenters. The summed E-state index contributed by atoms with van der Waals surface area (Å²) in [5, 5.41) is 27.2. The molecule has 238 valence electrons. The molecule has 1 fully saturated rings. The molecule has 4 aromatic carbocycles. The second-order valence-electron chi connectivity index (χ2n) is 12.2. The zero-order chi connectivity index (χ0) is 32.7. The van der Waals surface area contributed by atoms with Crippen LogP contribution in [0, 0.1) is 11.3 Å². The SMILES string of the molecule is N#CC(C(=O)[C@H](CCCCC1(c2nc3ccccc3s2)CCCC1)NC(=O)O)=P(c1ccccc1)(c1ccccc1)c1ccccc1. The average Bonchev–Trinajstić information content (AvgIpc) is 3.78. The highest BCUT2D eigenvalue weighted by Gasteiger charge is 2.39. The second-order valence-corrected chi connectivity index (χ2v) is 16.6. The Kier molecular flexibility index (Phi) is 10.0. The molecule has 8 heteroatoms. The number of ketones is 1. The van der Waals surface area contributed by atoms with Gasteiger partial charge >= 0.3 is 6.09 Å². The molecule has 6 rings (SSSR count). The molecule has 2 N–H and O–H groups in total. The molecule has 0 aliphatic heterocycles. The monoisotopic (exact) mass is 659 g/mol. The topological polar surface area (TPSA) is 103 Å². The van der Waals surface area contributed by atoms with Crippen molar-refractivity contribution in [1.82, 2.24) is 10.3 Å². The molecule has 0 spiro atoms. The number of hydrogen-bond acceptors (Lipinski definition) is 5. The first-order valence-electron chi connectivity index (χ1n) is 16.2. The van der Waals surface area contributed by atoms with Gasteiger partial charge in [-0.2, -0.15) is 5.26 Å². The number of carbonyl (C=O) groups excluding carboxylic acids is 1. The van der Waals surface area contributed by atoms with Crippen molar-refractivity contribution < 1.29 is 14.7 Å². The highest BCUT2D eigenvalue weighted by molar-refractivity contribution is 7.97. The number of rotatable bonds is 12. The summed E-state index contributed by atoms with van der Waals surface area (Å²) in [5.74, 6) is -0.457. The number of Topliss-reactive ketones (excluding diaryl/α,β-unsaturated/α-hetero) is 1. The maximum atomic E-state index is 14.6. The van der Waals surface area contributed by atoms with Crippen molar-refractivity contribution in [3.05, 3.63) is 120 Å². The summed E-state index contributed by atoms with van der Waals surface area (Å²) in [6, 6.07) is 38.7. The largest absolute Gasteiger partial charge is 0.465 e. The average molecular weight is 660 g/mol. The standard InChI is InChI=1S/C39H38N3O3PS/c40-28-34(46(29-16-4-1-5-17-29,30-18-6-2-7-19-30)31-20-8-3-9-21-31)36(43)33(42-38(44)45)23-12-13-25-39(26-14-15-27-39)37-41-32-22-10-11-24-35(32)47-37/h1-11,16-22,24,33,42H,12-15,23,25-27H2,(H,44,45)/t33-/m0/s1. The molecule has 1 aliphatic rings. The zero-order valence-electron chi connectivity index (χ0n) is 26.2. The molecule has 1 saturated carbocycles. The molecular formula is C39H38N3O3PS. The van der Waals surface area contributed by atoms with Crippen molar-refractivity contribution in [2.45, 2.75) is 62.8 Å². The first-order chi connectivity index (χ1) is 23.0. The Bertz CT molecular complexity index is 1810. The lowest BCUT2D eigenvalue weighted by Gasteiger charge is -2.31. The fourth-order valence-electron chi connectivity index (χ4n) is 7.20. The summed E-state index contributed by atoms with van der Waals surface area (Å²) in [7, 11) is 0. The number of fused-ring (bicyclic) bond motifs is 1. The minimum atomic E-state index is -2.97. The molecule has 5 aromatic rings. The van der Waals surface area contributed by atoms with Gasteiger partial charge < -0.3 is 10.4 Å². The van der Waals surface area contributed by atoms with Crippen LogP contribution in [-0.4, -0.2) is 33.3 Å². The van der Waals surface area contributed by atoms with E-state index in [1.165, 1.54) is 22.5 Å². The predicted octanol–water partition coefficient (Wildman–Crippen LogP) is 7.56. The zero-order valence-corrected chi connectivity index (χ0v) is 27.9.